The third-order valence-electron chi connectivity index (χ3n) is 5.98. The molecule has 10 atom stereocenters. The van der Waals surface area contributed by atoms with Crippen molar-refractivity contribution in [2.75, 3.05) is 18.5 Å². The van der Waals surface area contributed by atoms with Crippen LogP contribution in [0.25, 0.3) is 0 Å². The van der Waals surface area contributed by atoms with Crippen LogP contribution in [0.15, 0.2) is 24.3 Å². The van der Waals surface area contributed by atoms with Gasteiger partial charge in [0.1, 0.15) is 54.5 Å². The number of halogens is 3. The Kier molecular flexibility index (Phi) is 10.1. The molecule has 0 aliphatic carbocycles. The first-order chi connectivity index (χ1) is 18.3. The number of aliphatic hydroxyl groups excluding tert-OH is 6. The highest BCUT2D eigenvalue weighted by atomic mass is 19.4. The molecule has 8 N–H and O–H groups in total. The molecule has 17 heteroatoms. The average molecular weight is 570 g/mol. The van der Waals surface area contributed by atoms with E-state index in [1.165, 1.54) is 12.1 Å². The topological polar surface area (TPSA) is 216 Å². The van der Waals surface area contributed by atoms with Crippen molar-refractivity contribution in [3.8, 4) is 5.75 Å². The second-order valence-electron chi connectivity index (χ2n) is 8.83. The number of rotatable bonds is 8. The summed E-state index contributed by atoms with van der Waals surface area (Å²) in [6, 6.07) is 3.18. The number of alkyl halides is 3. The number of amides is 2. The summed E-state index contributed by atoms with van der Waals surface area (Å²) in [6.45, 7) is -0.414. The lowest BCUT2D eigenvalue weighted by molar-refractivity contribution is -0.343. The predicted octanol–water partition coefficient (Wildman–Crippen LogP) is -2.67. The highest BCUT2D eigenvalue weighted by Crippen LogP contribution is 2.31. The molecule has 0 saturated carbocycles. The van der Waals surface area contributed by atoms with Crippen LogP contribution in [0.2, 0.25) is 0 Å². The summed E-state index contributed by atoms with van der Waals surface area (Å²) in [5.41, 5.74) is -0.200. The van der Waals surface area contributed by atoms with Gasteiger partial charge in [0.2, 0.25) is 12.2 Å². The Hall–Kier alpha value is -2.61. The molecular weight excluding hydrogens is 541 g/mol. The van der Waals surface area contributed by atoms with Crippen molar-refractivity contribution < 1.29 is 72.3 Å². The van der Waals surface area contributed by atoms with Crippen LogP contribution in [-0.4, -0.2) is 123 Å². The predicted molar refractivity (Wildman–Crippen MR) is 120 cm³/mol. The number of hydrogen-bond donors (Lipinski definition) is 8. The molecule has 2 aliphatic rings. The lowest BCUT2D eigenvalue weighted by Crippen LogP contribution is -2.68. The lowest BCUT2D eigenvalue weighted by Gasteiger charge is -2.47. The van der Waals surface area contributed by atoms with E-state index >= 15 is 0 Å². The van der Waals surface area contributed by atoms with Gasteiger partial charge in [-0.2, -0.15) is 13.2 Å². The van der Waals surface area contributed by atoms with Crippen LogP contribution in [0.4, 0.5) is 18.9 Å². The second-order valence-corrected chi connectivity index (χ2v) is 8.83. The van der Waals surface area contributed by atoms with Crippen LogP contribution in [0.5, 0.6) is 5.75 Å². The number of carbonyl (C=O) groups is 2. The zero-order valence-corrected chi connectivity index (χ0v) is 20.3. The first-order valence-electron chi connectivity index (χ1n) is 11.6. The van der Waals surface area contributed by atoms with Gasteiger partial charge in [0.25, 0.3) is 0 Å². The summed E-state index contributed by atoms with van der Waals surface area (Å²) in [5.74, 6) is -2.84. The summed E-state index contributed by atoms with van der Waals surface area (Å²) >= 11 is 0. The minimum atomic E-state index is -5.10. The SMILES string of the molecule is CC(=O)N[C@H]1[C@H](Oc2ccc(NC(=O)C(F)(F)F)cc2)O[C@H](CO)C(O[C@@H]2O[C@H](CO)[C@@H](O)[C@H](O)[C@@H]2O)[C@@H]1O. The third kappa shape index (κ3) is 7.33. The fourth-order valence-electron chi connectivity index (χ4n) is 4.01. The maximum Gasteiger partial charge on any atom is 0.471 e. The molecule has 2 aliphatic heterocycles. The fraction of sp³-hybridized carbons (Fsp3) is 0.636. The van der Waals surface area contributed by atoms with E-state index in [-0.39, 0.29) is 11.4 Å². The summed E-state index contributed by atoms with van der Waals surface area (Å²) in [4.78, 5) is 22.9. The summed E-state index contributed by atoms with van der Waals surface area (Å²) < 4.78 is 59.5. The number of ether oxygens (including phenoxy) is 4. The Morgan fingerprint density at radius 2 is 1.49 bits per heavy atom. The van der Waals surface area contributed by atoms with Crippen LogP contribution in [0.3, 0.4) is 0 Å². The first kappa shape index (κ1) is 30.9. The van der Waals surface area contributed by atoms with E-state index in [9.17, 15) is 53.4 Å². The zero-order valence-electron chi connectivity index (χ0n) is 20.3. The van der Waals surface area contributed by atoms with Crippen molar-refractivity contribution in [2.24, 2.45) is 0 Å². The largest absolute Gasteiger partial charge is 0.471 e. The summed E-state index contributed by atoms with van der Waals surface area (Å²) in [6.07, 6.45) is -19.5. The summed E-state index contributed by atoms with van der Waals surface area (Å²) in [7, 11) is 0. The van der Waals surface area contributed by atoms with Gasteiger partial charge < -0.3 is 60.2 Å². The molecule has 3 rings (SSSR count). The number of benzene rings is 1. The maximum atomic E-state index is 12.5. The fourth-order valence-corrected chi connectivity index (χ4v) is 4.01. The van der Waals surface area contributed by atoms with Crippen molar-refractivity contribution in [2.45, 2.75) is 74.4 Å². The minimum absolute atomic E-state index is 0.0162. The van der Waals surface area contributed by atoms with Gasteiger partial charge in [-0.05, 0) is 24.3 Å². The number of carbonyl (C=O) groups excluding carboxylic acids is 2. The maximum absolute atomic E-state index is 12.5. The minimum Gasteiger partial charge on any atom is -0.463 e. The smallest absolute Gasteiger partial charge is 0.463 e. The molecule has 0 radical (unpaired) electrons. The Bertz CT molecular complexity index is 982. The number of nitrogens with one attached hydrogen (secondary N) is 2. The molecule has 1 aromatic rings. The van der Waals surface area contributed by atoms with Crippen LogP contribution < -0.4 is 15.4 Å². The number of hydrogen-bond acceptors (Lipinski definition) is 12. The Labute approximate surface area is 218 Å². The molecule has 2 fully saturated rings. The van der Waals surface area contributed by atoms with Crippen molar-refractivity contribution in [3.63, 3.8) is 0 Å². The van der Waals surface area contributed by atoms with Crippen LogP contribution in [0, 0.1) is 0 Å². The molecule has 0 bridgehead atoms. The first-order valence-corrected chi connectivity index (χ1v) is 11.6. The van der Waals surface area contributed by atoms with Gasteiger partial charge in [-0.1, -0.05) is 0 Å². The lowest BCUT2D eigenvalue weighted by atomic mass is 9.95. The van der Waals surface area contributed by atoms with Gasteiger partial charge in [0.05, 0.1) is 13.2 Å². The van der Waals surface area contributed by atoms with E-state index in [1.54, 1.807) is 5.32 Å². The number of anilines is 1. The van der Waals surface area contributed by atoms with Gasteiger partial charge in [0, 0.05) is 12.6 Å². The molecule has 14 nitrogen and oxygen atoms in total. The van der Waals surface area contributed by atoms with E-state index < -0.39 is 92.6 Å². The van der Waals surface area contributed by atoms with Gasteiger partial charge in [-0.15, -0.1) is 0 Å². The average Bonchev–Trinajstić information content (AvgIpc) is 2.87. The molecule has 0 aromatic heterocycles. The van der Waals surface area contributed by atoms with Crippen LogP contribution >= 0.6 is 0 Å². The van der Waals surface area contributed by atoms with Gasteiger partial charge in [-0.25, -0.2) is 0 Å². The van der Waals surface area contributed by atoms with Crippen molar-refractivity contribution in [1.82, 2.24) is 5.32 Å². The normalized spacial score (nSPS) is 35.2. The third-order valence-corrected chi connectivity index (χ3v) is 5.98. The molecule has 39 heavy (non-hydrogen) atoms. The van der Waals surface area contributed by atoms with E-state index in [0.717, 1.165) is 19.1 Å². The monoisotopic (exact) mass is 570 g/mol. The highest BCUT2D eigenvalue weighted by Gasteiger charge is 2.51. The highest BCUT2D eigenvalue weighted by molar-refractivity contribution is 5.94. The van der Waals surface area contributed by atoms with Gasteiger partial charge >= 0.3 is 12.1 Å². The van der Waals surface area contributed by atoms with E-state index in [1.807, 2.05) is 0 Å². The molecule has 220 valence electrons. The van der Waals surface area contributed by atoms with E-state index in [4.69, 9.17) is 18.9 Å². The second kappa shape index (κ2) is 12.7. The standard InChI is InChI=1S/C22H29F3N2O12/c1-8(30)26-13-15(32)18(39-20-17(34)16(33)14(31)11(6-28)37-20)12(7-29)38-19(13)36-10-4-2-9(3-5-10)27-21(35)22(23,24)25/h2-5,11-20,28-29,31-34H,6-7H2,1H3,(H,26,30)(H,27,35)/t11-,12-,13-,14-,15-,16+,17+,18?,19-,20+/m1/s1. The molecule has 1 unspecified atom stereocenters. The van der Waals surface area contributed by atoms with E-state index in [0.29, 0.717) is 0 Å². The number of aliphatic hydroxyl groups is 6. The van der Waals surface area contributed by atoms with Crippen molar-refractivity contribution in [3.05, 3.63) is 24.3 Å². The van der Waals surface area contributed by atoms with Crippen LogP contribution in [-0.2, 0) is 23.8 Å². The van der Waals surface area contributed by atoms with Crippen LogP contribution in [0.1, 0.15) is 6.92 Å². The Morgan fingerprint density at radius 3 is 2.03 bits per heavy atom. The molecule has 2 heterocycles. The Balaban J connectivity index is 1.77. The zero-order chi connectivity index (χ0) is 29.1. The van der Waals surface area contributed by atoms with Gasteiger partial charge in [-0.3, -0.25) is 9.59 Å². The van der Waals surface area contributed by atoms with Crippen molar-refractivity contribution >= 4 is 17.5 Å². The van der Waals surface area contributed by atoms with Crippen molar-refractivity contribution in [1.29, 1.82) is 0 Å². The quantitative estimate of drug-likeness (QED) is 0.161. The molecule has 0 spiro atoms. The molecule has 2 amide bonds. The van der Waals surface area contributed by atoms with Gasteiger partial charge in [0.15, 0.2) is 6.29 Å². The van der Waals surface area contributed by atoms with E-state index in [2.05, 4.69) is 5.32 Å². The Morgan fingerprint density at radius 1 is 0.897 bits per heavy atom. The summed E-state index contributed by atoms with van der Waals surface area (Å²) in [5, 5.41) is 64.6. The molecule has 1 aromatic carbocycles. The molecule has 2 saturated heterocycles. The molecular formula is C22H29F3N2O12.